The molecule has 1 unspecified atom stereocenters. The van der Waals surface area contributed by atoms with Crippen molar-refractivity contribution in [1.82, 2.24) is 0 Å². The maximum atomic E-state index is 5.23. The smallest absolute Gasteiger partial charge is 0.107 e. The summed E-state index contributed by atoms with van der Waals surface area (Å²) in [6, 6.07) is 6.39. The number of aryl methyl sites for hydroxylation is 1. The Morgan fingerprint density at radius 3 is 2.92 bits per heavy atom. The average Bonchev–Trinajstić information content (AvgIpc) is 2.87. The van der Waals surface area contributed by atoms with Crippen molar-refractivity contribution in [1.29, 1.82) is 0 Å². The molecule has 2 rings (SSSR count). The normalized spacial score (nSPS) is 20.6. The lowest BCUT2D eigenvalue weighted by Crippen LogP contribution is -1.87. The SMILES string of the molecule is C=Cc1cc(C)ccc1C1CO1. The van der Waals surface area contributed by atoms with Crippen LogP contribution in [0.2, 0.25) is 0 Å². The Balaban J connectivity index is 2.44. The molecule has 0 spiro atoms. The van der Waals surface area contributed by atoms with Crippen molar-refractivity contribution in [2.45, 2.75) is 13.0 Å². The van der Waals surface area contributed by atoms with E-state index < -0.39 is 0 Å². The molecule has 1 aliphatic rings. The Hall–Kier alpha value is -1.08. The van der Waals surface area contributed by atoms with Crippen LogP contribution < -0.4 is 0 Å². The van der Waals surface area contributed by atoms with Crippen LogP contribution in [0.1, 0.15) is 22.8 Å². The number of hydrogen-bond acceptors (Lipinski definition) is 1. The van der Waals surface area contributed by atoms with Crippen molar-refractivity contribution >= 4 is 6.08 Å². The monoisotopic (exact) mass is 160 g/mol. The highest BCUT2D eigenvalue weighted by atomic mass is 16.6. The second-order valence-corrected chi connectivity index (χ2v) is 3.16. The lowest BCUT2D eigenvalue weighted by molar-refractivity contribution is 0.415. The van der Waals surface area contributed by atoms with E-state index in [4.69, 9.17) is 4.74 Å². The van der Waals surface area contributed by atoms with Crippen LogP contribution in [0.4, 0.5) is 0 Å². The first-order valence-corrected chi connectivity index (χ1v) is 4.16. The molecule has 0 amide bonds. The van der Waals surface area contributed by atoms with Gasteiger partial charge in [-0.3, -0.25) is 0 Å². The fourth-order valence-corrected chi connectivity index (χ4v) is 1.39. The molecule has 1 aromatic rings. The van der Waals surface area contributed by atoms with Gasteiger partial charge in [0.05, 0.1) is 6.61 Å². The highest BCUT2D eigenvalue weighted by Gasteiger charge is 2.26. The van der Waals surface area contributed by atoms with Gasteiger partial charge in [-0.2, -0.15) is 0 Å². The van der Waals surface area contributed by atoms with Gasteiger partial charge in [0.2, 0.25) is 0 Å². The number of epoxide rings is 1. The highest BCUT2D eigenvalue weighted by Crippen LogP contribution is 2.32. The summed E-state index contributed by atoms with van der Waals surface area (Å²) in [5.74, 6) is 0. The van der Waals surface area contributed by atoms with Crippen molar-refractivity contribution in [2.24, 2.45) is 0 Å². The second-order valence-electron chi connectivity index (χ2n) is 3.16. The number of hydrogen-bond donors (Lipinski definition) is 0. The Bertz CT molecular complexity index is 311. The van der Waals surface area contributed by atoms with E-state index in [1.54, 1.807) is 0 Å². The van der Waals surface area contributed by atoms with E-state index in [2.05, 4.69) is 31.7 Å². The van der Waals surface area contributed by atoms with Crippen LogP contribution in [0.5, 0.6) is 0 Å². The number of benzene rings is 1. The molecule has 1 nitrogen and oxygen atoms in total. The van der Waals surface area contributed by atoms with Gasteiger partial charge < -0.3 is 4.74 Å². The minimum Gasteiger partial charge on any atom is -0.368 e. The Labute approximate surface area is 72.7 Å². The average molecular weight is 160 g/mol. The number of rotatable bonds is 2. The Morgan fingerprint density at radius 1 is 1.58 bits per heavy atom. The first kappa shape index (κ1) is 7.56. The molecule has 0 bridgehead atoms. The van der Waals surface area contributed by atoms with Crippen molar-refractivity contribution in [3.63, 3.8) is 0 Å². The molecular weight excluding hydrogens is 148 g/mol. The van der Waals surface area contributed by atoms with E-state index in [-0.39, 0.29) is 0 Å². The predicted octanol–water partition coefficient (Wildman–Crippen LogP) is 2.71. The van der Waals surface area contributed by atoms with Crippen LogP contribution in [0, 0.1) is 6.92 Å². The standard InChI is InChI=1S/C11H12O/c1-3-9-6-8(2)4-5-10(9)11-7-12-11/h3-6,11H,1,7H2,2H3. The molecule has 62 valence electrons. The first-order valence-electron chi connectivity index (χ1n) is 4.16. The van der Waals surface area contributed by atoms with Gasteiger partial charge in [0.15, 0.2) is 0 Å². The lowest BCUT2D eigenvalue weighted by Gasteiger charge is -2.02. The molecule has 0 N–H and O–H groups in total. The maximum absolute atomic E-state index is 5.23. The molecule has 1 aliphatic heterocycles. The second kappa shape index (κ2) is 2.76. The predicted molar refractivity (Wildman–Crippen MR) is 50.0 cm³/mol. The van der Waals surface area contributed by atoms with E-state index in [1.807, 2.05) is 6.08 Å². The van der Waals surface area contributed by atoms with Gasteiger partial charge in [-0.05, 0) is 18.1 Å². The van der Waals surface area contributed by atoms with Crippen molar-refractivity contribution in [2.75, 3.05) is 6.61 Å². The van der Waals surface area contributed by atoms with Crippen LogP contribution in [0.3, 0.4) is 0 Å². The van der Waals surface area contributed by atoms with E-state index in [0.29, 0.717) is 6.10 Å². The molecule has 1 heteroatoms. The third-order valence-corrected chi connectivity index (χ3v) is 2.14. The summed E-state index contributed by atoms with van der Waals surface area (Å²) in [6.07, 6.45) is 2.22. The van der Waals surface area contributed by atoms with E-state index >= 15 is 0 Å². The summed E-state index contributed by atoms with van der Waals surface area (Å²) < 4.78 is 5.23. The highest BCUT2D eigenvalue weighted by molar-refractivity contribution is 5.54. The minimum atomic E-state index is 0.332. The van der Waals surface area contributed by atoms with Crippen LogP contribution in [0.15, 0.2) is 24.8 Å². The van der Waals surface area contributed by atoms with Crippen molar-refractivity contribution in [3.8, 4) is 0 Å². The van der Waals surface area contributed by atoms with Crippen LogP contribution >= 0.6 is 0 Å². The van der Waals surface area contributed by atoms with Gasteiger partial charge in [0.1, 0.15) is 6.10 Å². The quantitative estimate of drug-likeness (QED) is 0.606. The van der Waals surface area contributed by atoms with Gasteiger partial charge in [0, 0.05) is 0 Å². The molecule has 0 saturated carbocycles. The Kier molecular flexibility index (Phi) is 1.74. The molecular formula is C11H12O. The molecule has 1 fully saturated rings. The van der Waals surface area contributed by atoms with E-state index in [9.17, 15) is 0 Å². The molecule has 0 radical (unpaired) electrons. The van der Waals surface area contributed by atoms with Crippen molar-refractivity contribution < 1.29 is 4.74 Å². The third kappa shape index (κ3) is 1.28. The maximum Gasteiger partial charge on any atom is 0.107 e. The molecule has 0 aromatic heterocycles. The van der Waals surface area contributed by atoms with Gasteiger partial charge in [-0.15, -0.1) is 0 Å². The van der Waals surface area contributed by atoms with Crippen LogP contribution in [0.25, 0.3) is 6.08 Å². The first-order chi connectivity index (χ1) is 5.81. The minimum absolute atomic E-state index is 0.332. The molecule has 1 saturated heterocycles. The number of ether oxygens (including phenoxy) is 1. The van der Waals surface area contributed by atoms with Crippen LogP contribution in [-0.2, 0) is 4.74 Å². The zero-order valence-electron chi connectivity index (χ0n) is 7.21. The van der Waals surface area contributed by atoms with Crippen molar-refractivity contribution in [3.05, 3.63) is 41.5 Å². The fourth-order valence-electron chi connectivity index (χ4n) is 1.39. The zero-order chi connectivity index (χ0) is 8.55. The molecule has 12 heavy (non-hydrogen) atoms. The fraction of sp³-hybridized carbons (Fsp3) is 0.273. The lowest BCUT2D eigenvalue weighted by atomic mass is 10.0. The zero-order valence-corrected chi connectivity index (χ0v) is 7.21. The summed E-state index contributed by atoms with van der Waals surface area (Å²) in [5.41, 5.74) is 3.75. The van der Waals surface area contributed by atoms with Gasteiger partial charge in [-0.1, -0.05) is 36.4 Å². The summed E-state index contributed by atoms with van der Waals surface area (Å²) in [4.78, 5) is 0. The summed E-state index contributed by atoms with van der Waals surface area (Å²) >= 11 is 0. The van der Waals surface area contributed by atoms with E-state index in [1.165, 1.54) is 16.7 Å². The topological polar surface area (TPSA) is 12.5 Å². The van der Waals surface area contributed by atoms with Gasteiger partial charge in [-0.25, -0.2) is 0 Å². The summed E-state index contributed by atoms with van der Waals surface area (Å²) in [6.45, 7) is 6.74. The van der Waals surface area contributed by atoms with Gasteiger partial charge in [0.25, 0.3) is 0 Å². The largest absolute Gasteiger partial charge is 0.368 e. The molecule has 1 atom stereocenters. The third-order valence-electron chi connectivity index (χ3n) is 2.14. The molecule has 1 aromatic carbocycles. The molecule has 0 aliphatic carbocycles. The molecule has 1 heterocycles. The summed E-state index contributed by atoms with van der Waals surface area (Å²) in [7, 11) is 0. The van der Waals surface area contributed by atoms with E-state index in [0.717, 1.165) is 6.61 Å². The Morgan fingerprint density at radius 2 is 2.33 bits per heavy atom. The summed E-state index contributed by atoms with van der Waals surface area (Å²) in [5, 5.41) is 0. The van der Waals surface area contributed by atoms with Crippen LogP contribution in [-0.4, -0.2) is 6.61 Å². The van der Waals surface area contributed by atoms with Gasteiger partial charge >= 0.3 is 0 Å².